The highest BCUT2D eigenvalue weighted by molar-refractivity contribution is 5.79. The number of carbonyl (C=O) groups excluding carboxylic acids is 1. The van der Waals surface area contributed by atoms with Crippen molar-refractivity contribution in [1.82, 2.24) is 24.6 Å². The van der Waals surface area contributed by atoms with E-state index in [0.29, 0.717) is 24.2 Å². The molecule has 0 radical (unpaired) electrons. The summed E-state index contributed by atoms with van der Waals surface area (Å²) in [4.78, 5) is 28.2. The molecule has 0 atom stereocenters. The van der Waals surface area contributed by atoms with Gasteiger partial charge in [-0.15, -0.1) is 0 Å². The molecule has 2 aromatic heterocycles. The van der Waals surface area contributed by atoms with Gasteiger partial charge in [0, 0.05) is 6.54 Å². The summed E-state index contributed by atoms with van der Waals surface area (Å²) in [5, 5.41) is 6.92. The third-order valence-electron chi connectivity index (χ3n) is 4.17. The Balaban J connectivity index is 1.40. The number of nitrogens with one attached hydrogen (secondary N) is 1. The lowest BCUT2D eigenvalue weighted by atomic mass is 10.1. The number of rotatable bonds is 6. The van der Waals surface area contributed by atoms with E-state index in [1.54, 1.807) is 35.3 Å². The van der Waals surface area contributed by atoms with E-state index in [1.165, 1.54) is 10.9 Å². The Morgan fingerprint density at radius 3 is 2.81 bits per heavy atom. The SMILES string of the molecule is O=C(Cn1c(=O)oc2ccccc21)NCc1cccc(Cn2cncn2)c1. The average molecular weight is 363 g/mol. The monoisotopic (exact) mass is 363 g/mol. The van der Waals surface area contributed by atoms with Gasteiger partial charge in [0.1, 0.15) is 19.2 Å². The molecule has 8 nitrogen and oxygen atoms in total. The lowest BCUT2D eigenvalue weighted by Crippen LogP contribution is -2.30. The standard InChI is InChI=1S/C19H17N5O3/c25-18(11-24-16-6-1-2-7-17(16)27-19(24)26)21-9-14-4-3-5-15(8-14)10-23-13-20-12-22-23/h1-8,12-13H,9-11H2,(H,21,25). The van der Waals surface area contributed by atoms with Crippen LogP contribution in [0.25, 0.3) is 11.1 Å². The van der Waals surface area contributed by atoms with Crippen LogP contribution in [0.1, 0.15) is 11.1 Å². The highest BCUT2D eigenvalue weighted by Crippen LogP contribution is 2.11. The number of para-hydroxylation sites is 2. The first-order valence-electron chi connectivity index (χ1n) is 8.44. The highest BCUT2D eigenvalue weighted by Gasteiger charge is 2.12. The number of amides is 1. The van der Waals surface area contributed by atoms with E-state index in [0.717, 1.165) is 11.1 Å². The smallest absolute Gasteiger partial charge is 0.408 e. The fourth-order valence-corrected chi connectivity index (χ4v) is 2.90. The Labute approximate surface area is 154 Å². The van der Waals surface area contributed by atoms with Crippen LogP contribution in [-0.2, 0) is 24.4 Å². The average Bonchev–Trinajstić information content (AvgIpc) is 3.29. The maximum absolute atomic E-state index is 12.3. The molecular formula is C19H17N5O3. The maximum Gasteiger partial charge on any atom is 0.420 e. The van der Waals surface area contributed by atoms with Crippen molar-refractivity contribution in [3.63, 3.8) is 0 Å². The van der Waals surface area contributed by atoms with Crippen LogP contribution in [0.2, 0.25) is 0 Å². The van der Waals surface area contributed by atoms with Crippen molar-refractivity contribution in [3.8, 4) is 0 Å². The fraction of sp³-hybridized carbons (Fsp3) is 0.158. The van der Waals surface area contributed by atoms with E-state index in [1.807, 2.05) is 24.3 Å². The first kappa shape index (κ1) is 16.8. The first-order valence-corrected chi connectivity index (χ1v) is 8.44. The number of fused-ring (bicyclic) bond motifs is 1. The second-order valence-corrected chi connectivity index (χ2v) is 6.11. The topological polar surface area (TPSA) is 94.9 Å². The third kappa shape index (κ3) is 3.79. The van der Waals surface area contributed by atoms with Gasteiger partial charge < -0.3 is 9.73 Å². The molecule has 0 aliphatic rings. The van der Waals surface area contributed by atoms with Gasteiger partial charge in [0.2, 0.25) is 5.91 Å². The largest absolute Gasteiger partial charge is 0.420 e. The van der Waals surface area contributed by atoms with E-state index in [4.69, 9.17) is 4.42 Å². The summed E-state index contributed by atoms with van der Waals surface area (Å²) in [6.07, 6.45) is 3.15. The molecule has 0 saturated heterocycles. The molecule has 0 aliphatic carbocycles. The second kappa shape index (κ2) is 7.28. The van der Waals surface area contributed by atoms with Gasteiger partial charge >= 0.3 is 5.76 Å². The minimum Gasteiger partial charge on any atom is -0.408 e. The van der Waals surface area contributed by atoms with Crippen molar-refractivity contribution in [1.29, 1.82) is 0 Å². The number of hydrogen-bond acceptors (Lipinski definition) is 5. The molecule has 8 heteroatoms. The van der Waals surface area contributed by atoms with Crippen LogP contribution in [0.3, 0.4) is 0 Å². The molecule has 0 bridgehead atoms. The molecule has 4 rings (SSSR count). The quantitative estimate of drug-likeness (QED) is 0.561. The van der Waals surface area contributed by atoms with Crippen molar-refractivity contribution in [2.45, 2.75) is 19.6 Å². The summed E-state index contributed by atoms with van der Waals surface area (Å²) in [5.74, 6) is -0.800. The molecule has 1 amide bonds. The van der Waals surface area contributed by atoms with Gasteiger partial charge in [-0.1, -0.05) is 36.4 Å². The number of carbonyl (C=O) groups is 1. The molecule has 136 valence electrons. The summed E-state index contributed by atoms with van der Waals surface area (Å²) < 4.78 is 8.20. The van der Waals surface area contributed by atoms with Crippen molar-refractivity contribution in [3.05, 3.63) is 82.9 Å². The lowest BCUT2D eigenvalue weighted by Gasteiger charge is -2.08. The first-order chi connectivity index (χ1) is 13.2. The van der Waals surface area contributed by atoms with Crippen LogP contribution in [0.5, 0.6) is 0 Å². The van der Waals surface area contributed by atoms with E-state index < -0.39 is 5.76 Å². The Morgan fingerprint density at radius 1 is 1.11 bits per heavy atom. The van der Waals surface area contributed by atoms with Crippen LogP contribution in [0, 0.1) is 0 Å². The summed E-state index contributed by atoms with van der Waals surface area (Å²) in [6, 6.07) is 14.9. The third-order valence-corrected chi connectivity index (χ3v) is 4.17. The molecule has 2 heterocycles. The molecule has 0 fully saturated rings. The maximum atomic E-state index is 12.3. The Kier molecular flexibility index (Phi) is 4.52. The van der Waals surface area contributed by atoms with Crippen LogP contribution in [-0.4, -0.2) is 25.2 Å². The Bertz CT molecular complexity index is 1130. The number of aromatic nitrogens is 4. The molecule has 0 spiro atoms. The van der Waals surface area contributed by atoms with Crippen molar-refractivity contribution >= 4 is 17.0 Å². The minimum absolute atomic E-state index is 0.0888. The molecule has 1 N–H and O–H groups in total. The zero-order valence-corrected chi connectivity index (χ0v) is 14.4. The van der Waals surface area contributed by atoms with Crippen LogP contribution >= 0.6 is 0 Å². The van der Waals surface area contributed by atoms with Gasteiger partial charge in [0.25, 0.3) is 0 Å². The van der Waals surface area contributed by atoms with E-state index in [9.17, 15) is 9.59 Å². The molecule has 0 saturated carbocycles. The van der Waals surface area contributed by atoms with Gasteiger partial charge in [-0.3, -0.25) is 9.36 Å². The summed E-state index contributed by atoms with van der Waals surface area (Å²) >= 11 is 0. The molecule has 27 heavy (non-hydrogen) atoms. The van der Waals surface area contributed by atoms with Gasteiger partial charge in [-0.25, -0.2) is 14.5 Å². The second-order valence-electron chi connectivity index (χ2n) is 6.11. The molecule has 0 unspecified atom stereocenters. The predicted molar refractivity (Wildman–Crippen MR) is 97.9 cm³/mol. The summed E-state index contributed by atoms with van der Waals surface area (Å²) in [6.45, 7) is 0.890. The highest BCUT2D eigenvalue weighted by atomic mass is 16.4. The van der Waals surface area contributed by atoms with Crippen molar-refractivity contribution in [2.24, 2.45) is 0 Å². The lowest BCUT2D eigenvalue weighted by molar-refractivity contribution is -0.121. The van der Waals surface area contributed by atoms with Gasteiger partial charge in [-0.05, 0) is 23.3 Å². The van der Waals surface area contributed by atoms with Crippen LogP contribution in [0.15, 0.2) is 70.4 Å². The summed E-state index contributed by atoms with van der Waals surface area (Å²) in [7, 11) is 0. The van der Waals surface area contributed by atoms with Gasteiger partial charge in [0.15, 0.2) is 5.58 Å². The van der Waals surface area contributed by atoms with E-state index in [2.05, 4.69) is 15.4 Å². The fourth-order valence-electron chi connectivity index (χ4n) is 2.90. The normalized spacial score (nSPS) is 11.0. The number of oxazole rings is 1. The van der Waals surface area contributed by atoms with Crippen molar-refractivity contribution in [2.75, 3.05) is 0 Å². The number of benzene rings is 2. The molecule has 0 aliphatic heterocycles. The van der Waals surface area contributed by atoms with E-state index >= 15 is 0 Å². The predicted octanol–water partition coefficient (Wildman–Crippen LogP) is 1.55. The number of hydrogen-bond donors (Lipinski definition) is 1. The van der Waals surface area contributed by atoms with Crippen LogP contribution < -0.4 is 11.1 Å². The summed E-state index contributed by atoms with van der Waals surface area (Å²) in [5.41, 5.74) is 3.10. The Morgan fingerprint density at radius 2 is 1.96 bits per heavy atom. The van der Waals surface area contributed by atoms with Gasteiger partial charge in [-0.2, -0.15) is 5.10 Å². The van der Waals surface area contributed by atoms with Crippen LogP contribution in [0.4, 0.5) is 0 Å². The molecule has 2 aromatic carbocycles. The molecule has 4 aromatic rings. The number of nitrogens with zero attached hydrogens (tertiary/aromatic N) is 4. The molecular weight excluding hydrogens is 346 g/mol. The van der Waals surface area contributed by atoms with Gasteiger partial charge in [0.05, 0.1) is 12.1 Å². The van der Waals surface area contributed by atoms with E-state index in [-0.39, 0.29) is 12.5 Å². The van der Waals surface area contributed by atoms with Crippen molar-refractivity contribution < 1.29 is 9.21 Å². The zero-order valence-electron chi connectivity index (χ0n) is 14.4. The Hall–Kier alpha value is -3.68. The zero-order chi connectivity index (χ0) is 18.6. The minimum atomic E-state index is -0.541.